The zero-order valence-electron chi connectivity index (χ0n) is 12.7. The molecule has 0 amide bonds. The molecule has 20 heavy (non-hydrogen) atoms. The Kier molecular flexibility index (Phi) is 5.24. The summed E-state index contributed by atoms with van der Waals surface area (Å²) in [6.45, 7) is 4.70. The highest BCUT2D eigenvalue weighted by molar-refractivity contribution is 7.89. The van der Waals surface area contributed by atoms with E-state index >= 15 is 0 Å². The van der Waals surface area contributed by atoms with Crippen molar-refractivity contribution in [2.75, 3.05) is 12.3 Å². The Hall–Kier alpha value is -0.420. The standard InChI is InChI=1S/C15H27NO3S/c1-12(2)9-11-20(18,19)16-10-4-3-7-14(16)13-6-5-8-15(13)17/h12-14H,3-11H2,1-2H3. The van der Waals surface area contributed by atoms with Crippen molar-refractivity contribution < 1.29 is 13.2 Å². The van der Waals surface area contributed by atoms with Crippen LogP contribution in [0, 0.1) is 11.8 Å². The molecule has 1 aliphatic carbocycles. The Bertz CT molecular complexity index is 444. The quantitative estimate of drug-likeness (QED) is 0.784. The first kappa shape index (κ1) is 16.0. The molecule has 0 spiro atoms. The van der Waals surface area contributed by atoms with E-state index < -0.39 is 10.0 Å². The van der Waals surface area contributed by atoms with Gasteiger partial charge in [-0.15, -0.1) is 0 Å². The lowest BCUT2D eigenvalue weighted by Gasteiger charge is -2.37. The van der Waals surface area contributed by atoms with Gasteiger partial charge in [-0.05, 0) is 38.0 Å². The Morgan fingerprint density at radius 1 is 1.20 bits per heavy atom. The van der Waals surface area contributed by atoms with Gasteiger partial charge in [0.25, 0.3) is 0 Å². The molecule has 0 radical (unpaired) electrons. The molecule has 0 aromatic heterocycles. The molecular weight excluding hydrogens is 274 g/mol. The molecular formula is C15H27NO3S. The number of rotatable bonds is 5. The third kappa shape index (κ3) is 3.61. The average Bonchev–Trinajstić information content (AvgIpc) is 2.83. The number of ketones is 1. The summed E-state index contributed by atoms with van der Waals surface area (Å²) in [6.07, 6.45) is 5.98. The monoisotopic (exact) mass is 301 g/mol. The largest absolute Gasteiger partial charge is 0.299 e. The lowest BCUT2D eigenvalue weighted by Crippen LogP contribution is -2.49. The first-order valence-corrected chi connectivity index (χ1v) is 9.55. The van der Waals surface area contributed by atoms with Crippen LogP contribution >= 0.6 is 0 Å². The van der Waals surface area contributed by atoms with Gasteiger partial charge in [-0.3, -0.25) is 4.79 Å². The van der Waals surface area contributed by atoms with Crippen molar-refractivity contribution in [3.63, 3.8) is 0 Å². The van der Waals surface area contributed by atoms with Gasteiger partial charge in [-0.1, -0.05) is 20.3 Å². The van der Waals surface area contributed by atoms with Gasteiger partial charge >= 0.3 is 0 Å². The number of nitrogens with zero attached hydrogens (tertiary/aromatic N) is 1. The lowest BCUT2D eigenvalue weighted by molar-refractivity contribution is -0.122. The predicted octanol–water partition coefficient (Wildman–Crippen LogP) is 2.59. The maximum Gasteiger partial charge on any atom is 0.214 e. The van der Waals surface area contributed by atoms with E-state index in [4.69, 9.17) is 0 Å². The third-order valence-corrected chi connectivity index (χ3v) is 6.54. The summed E-state index contributed by atoms with van der Waals surface area (Å²) >= 11 is 0. The third-order valence-electron chi connectivity index (χ3n) is 4.63. The number of hydrogen-bond donors (Lipinski definition) is 0. The van der Waals surface area contributed by atoms with Crippen LogP contribution in [-0.4, -0.2) is 36.8 Å². The fourth-order valence-electron chi connectivity index (χ4n) is 3.43. The van der Waals surface area contributed by atoms with Gasteiger partial charge in [-0.2, -0.15) is 4.31 Å². The number of carbonyl (C=O) groups excluding carboxylic acids is 1. The van der Waals surface area contributed by atoms with Crippen LogP contribution in [0.4, 0.5) is 0 Å². The van der Waals surface area contributed by atoms with Crippen molar-refractivity contribution in [1.82, 2.24) is 4.31 Å². The molecule has 0 aromatic carbocycles. The van der Waals surface area contributed by atoms with Crippen LogP contribution in [0.15, 0.2) is 0 Å². The number of piperidine rings is 1. The topological polar surface area (TPSA) is 54.5 Å². The Labute approximate surface area is 123 Å². The summed E-state index contributed by atoms with van der Waals surface area (Å²) in [7, 11) is -3.21. The van der Waals surface area contributed by atoms with Crippen LogP contribution in [-0.2, 0) is 14.8 Å². The van der Waals surface area contributed by atoms with E-state index in [1.165, 1.54) is 0 Å². The fourth-order valence-corrected chi connectivity index (χ4v) is 5.51. The van der Waals surface area contributed by atoms with E-state index in [0.29, 0.717) is 25.3 Å². The normalized spacial score (nSPS) is 29.2. The molecule has 0 bridgehead atoms. The van der Waals surface area contributed by atoms with E-state index in [0.717, 1.165) is 32.1 Å². The molecule has 0 N–H and O–H groups in total. The highest BCUT2D eigenvalue weighted by Gasteiger charge is 2.41. The van der Waals surface area contributed by atoms with Crippen molar-refractivity contribution in [3.8, 4) is 0 Å². The first-order valence-electron chi connectivity index (χ1n) is 7.94. The molecule has 2 aliphatic rings. The zero-order chi connectivity index (χ0) is 14.8. The van der Waals surface area contributed by atoms with Crippen LogP contribution in [0.5, 0.6) is 0 Å². The van der Waals surface area contributed by atoms with Crippen LogP contribution in [0.3, 0.4) is 0 Å². The summed E-state index contributed by atoms with van der Waals surface area (Å²) in [5.74, 6) is 0.855. The molecule has 0 aromatic rings. The molecule has 2 rings (SSSR count). The molecule has 2 atom stereocenters. The molecule has 2 fully saturated rings. The number of hydrogen-bond acceptors (Lipinski definition) is 3. The van der Waals surface area contributed by atoms with Crippen LogP contribution < -0.4 is 0 Å². The van der Waals surface area contributed by atoms with E-state index in [9.17, 15) is 13.2 Å². The Morgan fingerprint density at radius 2 is 1.95 bits per heavy atom. The van der Waals surface area contributed by atoms with Crippen LogP contribution in [0.25, 0.3) is 0 Å². The van der Waals surface area contributed by atoms with E-state index in [2.05, 4.69) is 0 Å². The summed E-state index contributed by atoms with van der Waals surface area (Å²) in [6, 6.07) is -0.0593. The number of carbonyl (C=O) groups is 1. The van der Waals surface area contributed by atoms with Crippen molar-refractivity contribution in [2.24, 2.45) is 11.8 Å². The molecule has 1 heterocycles. The highest BCUT2D eigenvalue weighted by Crippen LogP contribution is 2.34. The van der Waals surface area contributed by atoms with Gasteiger partial charge in [0.2, 0.25) is 10.0 Å². The molecule has 116 valence electrons. The number of Topliss-reactive ketones (excluding diaryl/α,β-unsaturated/α-hetero) is 1. The van der Waals surface area contributed by atoms with Crippen LogP contribution in [0.2, 0.25) is 0 Å². The van der Waals surface area contributed by atoms with Crippen LogP contribution in [0.1, 0.15) is 58.8 Å². The summed E-state index contributed by atoms with van der Waals surface area (Å²) < 4.78 is 26.8. The number of sulfonamides is 1. The molecule has 1 saturated heterocycles. The predicted molar refractivity (Wildman–Crippen MR) is 79.9 cm³/mol. The minimum atomic E-state index is -3.21. The second kappa shape index (κ2) is 6.56. The van der Waals surface area contributed by atoms with E-state index in [-0.39, 0.29) is 23.5 Å². The van der Waals surface area contributed by atoms with Gasteiger partial charge in [0.05, 0.1) is 5.75 Å². The summed E-state index contributed by atoms with van der Waals surface area (Å²) in [5, 5.41) is 0. The van der Waals surface area contributed by atoms with Gasteiger partial charge in [-0.25, -0.2) is 8.42 Å². The molecule has 1 aliphatic heterocycles. The minimum Gasteiger partial charge on any atom is -0.299 e. The Balaban J connectivity index is 2.11. The smallest absolute Gasteiger partial charge is 0.214 e. The first-order chi connectivity index (χ1) is 9.42. The highest BCUT2D eigenvalue weighted by atomic mass is 32.2. The van der Waals surface area contributed by atoms with Crippen molar-refractivity contribution in [2.45, 2.75) is 64.8 Å². The zero-order valence-corrected chi connectivity index (χ0v) is 13.5. The molecule has 5 heteroatoms. The molecule has 2 unspecified atom stereocenters. The van der Waals surface area contributed by atoms with Gasteiger partial charge in [0, 0.05) is 24.9 Å². The molecule has 1 saturated carbocycles. The van der Waals surface area contributed by atoms with Crippen molar-refractivity contribution in [3.05, 3.63) is 0 Å². The summed E-state index contributed by atoms with van der Waals surface area (Å²) in [4.78, 5) is 12.0. The molecule has 4 nitrogen and oxygen atoms in total. The van der Waals surface area contributed by atoms with Crippen molar-refractivity contribution >= 4 is 15.8 Å². The lowest BCUT2D eigenvalue weighted by atomic mass is 9.90. The van der Waals surface area contributed by atoms with E-state index in [1.807, 2.05) is 13.8 Å². The fraction of sp³-hybridized carbons (Fsp3) is 0.933. The summed E-state index contributed by atoms with van der Waals surface area (Å²) in [5.41, 5.74) is 0. The second-order valence-electron chi connectivity index (χ2n) is 6.64. The van der Waals surface area contributed by atoms with Gasteiger partial charge in [0.1, 0.15) is 5.78 Å². The van der Waals surface area contributed by atoms with Crippen molar-refractivity contribution in [1.29, 1.82) is 0 Å². The maximum absolute atomic E-state index is 12.6. The maximum atomic E-state index is 12.6. The van der Waals surface area contributed by atoms with E-state index in [1.54, 1.807) is 4.31 Å². The SMILES string of the molecule is CC(C)CCS(=O)(=O)N1CCCCC1C1CCCC1=O. The van der Waals surface area contributed by atoms with Gasteiger partial charge < -0.3 is 0 Å². The average molecular weight is 301 g/mol. The Morgan fingerprint density at radius 3 is 2.55 bits per heavy atom. The minimum absolute atomic E-state index is 0.0378. The van der Waals surface area contributed by atoms with Gasteiger partial charge in [0.15, 0.2) is 0 Å². The second-order valence-corrected chi connectivity index (χ2v) is 8.68.